The fourth-order valence-corrected chi connectivity index (χ4v) is 2.08. The summed E-state index contributed by atoms with van der Waals surface area (Å²) in [4.78, 5) is 8.53. The van der Waals surface area contributed by atoms with Crippen molar-refractivity contribution in [3.8, 4) is 0 Å². The highest BCUT2D eigenvalue weighted by molar-refractivity contribution is 7.14. The van der Waals surface area contributed by atoms with Crippen molar-refractivity contribution in [1.82, 2.24) is 9.88 Å². The Morgan fingerprint density at radius 3 is 2.57 bits per heavy atom. The Bertz CT molecular complexity index is 275. The lowest BCUT2D eigenvalue weighted by Crippen LogP contribution is -2.23. The molecule has 80 valence electrons. The first-order valence-corrected chi connectivity index (χ1v) is 5.82. The molecule has 0 saturated carbocycles. The fourth-order valence-electron chi connectivity index (χ4n) is 1.14. The quantitative estimate of drug-likeness (QED) is 0.777. The molecule has 0 N–H and O–H groups in total. The second kappa shape index (κ2) is 5.53. The van der Waals surface area contributed by atoms with Crippen LogP contribution in [0.15, 0.2) is 5.38 Å². The number of rotatable bonds is 5. The summed E-state index contributed by atoms with van der Waals surface area (Å²) >= 11 is 7.34. The SMILES string of the molecule is CN(C)CCCN(C)c1nc(Cl)cs1. The van der Waals surface area contributed by atoms with Gasteiger partial charge in [-0.25, -0.2) is 4.98 Å². The minimum absolute atomic E-state index is 0.587. The molecule has 1 rings (SSSR count). The van der Waals surface area contributed by atoms with E-state index < -0.39 is 0 Å². The first-order chi connectivity index (χ1) is 6.59. The average molecular weight is 234 g/mol. The fraction of sp³-hybridized carbons (Fsp3) is 0.667. The van der Waals surface area contributed by atoms with E-state index in [0.717, 1.165) is 24.6 Å². The standard InChI is InChI=1S/C9H16ClN3S/c1-12(2)5-4-6-13(3)9-11-8(10)7-14-9/h7H,4-6H2,1-3H3. The second-order valence-corrected chi connectivity index (χ2v) is 4.75. The van der Waals surface area contributed by atoms with Crippen LogP contribution in [0.2, 0.25) is 5.15 Å². The van der Waals surface area contributed by atoms with Crippen molar-refractivity contribution in [3.05, 3.63) is 10.5 Å². The maximum Gasteiger partial charge on any atom is 0.186 e. The van der Waals surface area contributed by atoms with Gasteiger partial charge >= 0.3 is 0 Å². The van der Waals surface area contributed by atoms with Crippen molar-refractivity contribution in [2.75, 3.05) is 39.1 Å². The molecule has 0 radical (unpaired) electrons. The summed E-state index contributed by atoms with van der Waals surface area (Å²) in [6, 6.07) is 0. The second-order valence-electron chi connectivity index (χ2n) is 3.53. The van der Waals surface area contributed by atoms with Gasteiger partial charge in [0.25, 0.3) is 0 Å². The largest absolute Gasteiger partial charge is 0.351 e. The summed E-state index contributed by atoms with van der Waals surface area (Å²) in [5.74, 6) is 0. The van der Waals surface area contributed by atoms with Gasteiger partial charge in [-0.3, -0.25) is 0 Å². The maximum atomic E-state index is 5.75. The van der Waals surface area contributed by atoms with Crippen LogP contribution >= 0.6 is 22.9 Å². The van der Waals surface area contributed by atoms with E-state index in [1.807, 2.05) is 12.4 Å². The Morgan fingerprint density at radius 2 is 2.07 bits per heavy atom. The molecule has 0 spiro atoms. The first-order valence-electron chi connectivity index (χ1n) is 4.56. The molecular weight excluding hydrogens is 218 g/mol. The van der Waals surface area contributed by atoms with Gasteiger partial charge in [0.2, 0.25) is 0 Å². The molecule has 5 heteroatoms. The summed E-state index contributed by atoms with van der Waals surface area (Å²) in [7, 11) is 6.21. The predicted molar refractivity (Wildman–Crippen MR) is 63.6 cm³/mol. The van der Waals surface area contributed by atoms with Crippen molar-refractivity contribution in [1.29, 1.82) is 0 Å². The van der Waals surface area contributed by atoms with Crippen LogP contribution in [0.25, 0.3) is 0 Å². The van der Waals surface area contributed by atoms with Gasteiger partial charge < -0.3 is 9.80 Å². The van der Waals surface area contributed by atoms with Gasteiger partial charge in [0.05, 0.1) is 0 Å². The summed E-state index contributed by atoms with van der Waals surface area (Å²) in [5.41, 5.74) is 0. The van der Waals surface area contributed by atoms with Gasteiger partial charge in [-0.15, -0.1) is 11.3 Å². The number of hydrogen-bond donors (Lipinski definition) is 0. The molecule has 0 aromatic carbocycles. The summed E-state index contributed by atoms with van der Waals surface area (Å²) in [6.45, 7) is 2.12. The van der Waals surface area contributed by atoms with Crippen LogP contribution in [-0.2, 0) is 0 Å². The lowest BCUT2D eigenvalue weighted by Gasteiger charge is -2.17. The van der Waals surface area contributed by atoms with Gasteiger partial charge in [-0.05, 0) is 27.1 Å². The van der Waals surface area contributed by atoms with Gasteiger partial charge in [-0.1, -0.05) is 11.6 Å². The third-order valence-electron chi connectivity index (χ3n) is 1.89. The molecule has 0 aliphatic rings. The van der Waals surface area contributed by atoms with Crippen molar-refractivity contribution < 1.29 is 0 Å². The number of hydrogen-bond acceptors (Lipinski definition) is 4. The van der Waals surface area contributed by atoms with Crippen LogP contribution in [0, 0.1) is 0 Å². The molecule has 0 bridgehead atoms. The minimum atomic E-state index is 0.587. The third-order valence-corrected chi connectivity index (χ3v) is 3.17. The van der Waals surface area contributed by atoms with Gasteiger partial charge in [0.15, 0.2) is 5.13 Å². The summed E-state index contributed by atoms with van der Waals surface area (Å²) in [6.07, 6.45) is 1.14. The molecule has 0 saturated heterocycles. The zero-order chi connectivity index (χ0) is 10.6. The van der Waals surface area contributed by atoms with Crippen LogP contribution in [0.5, 0.6) is 0 Å². The molecule has 0 unspecified atom stereocenters. The highest BCUT2D eigenvalue weighted by Gasteiger charge is 2.05. The number of thiazole rings is 1. The van der Waals surface area contributed by atoms with Crippen molar-refractivity contribution >= 4 is 28.1 Å². The molecule has 1 aromatic rings. The Kier molecular flexibility index (Phi) is 4.65. The lowest BCUT2D eigenvalue weighted by atomic mass is 10.4. The molecule has 1 aromatic heterocycles. The third kappa shape index (κ3) is 3.82. The van der Waals surface area contributed by atoms with E-state index in [4.69, 9.17) is 11.6 Å². The number of nitrogens with zero attached hydrogens (tertiary/aromatic N) is 3. The van der Waals surface area contributed by atoms with E-state index in [-0.39, 0.29) is 0 Å². The normalized spacial score (nSPS) is 10.9. The van der Waals surface area contributed by atoms with Crippen LogP contribution in [-0.4, -0.2) is 44.1 Å². The first kappa shape index (κ1) is 11.8. The molecule has 1 heterocycles. The highest BCUT2D eigenvalue weighted by atomic mass is 35.5. The Balaban J connectivity index is 2.32. The van der Waals surface area contributed by atoms with E-state index >= 15 is 0 Å². The summed E-state index contributed by atoms with van der Waals surface area (Å²) < 4.78 is 0. The molecule has 0 fully saturated rings. The van der Waals surface area contributed by atoms with Gasteiger partial charge in [0.1, 0.15) is 5.15 Å². The van der Waals surface area contributed by atoms with E-state index in [1.165, 1.54) is 0 Å². The molecule has 0 amide bonds. The Hall–Kier alpha value is -0.320. The highest BCUT2D eigenvalue weighted by Crippen LogP contribution is 2.21. The predicted octanol–water partition coefficient (Wildman–Crippen LogP) is 2.18. The van der Waals surface area contributed by atoms with E-state index in [2.05, 4.69) is 28.9 Å². The molecule has 0 aliphatic heterocycles. The van der Waals surface area contributed by atoms with E-state index in [1.54, 1.807) is 11.3 Å². The van der Waals surface area contributed by atoms with Crippen LogP contribution in [0.1, 0.15) is 6.42 Å². The van der Waals surface area contributed by atoms with Crippen molar-refractivity contribution in [3.63, 3.8) is 0 Å². The number of aromatic nitrogens is 1. The average Bonchev–Trinajstić information content (AvgIpc) is 2.51. The monoisotopic (exact) mass is 233 g/mol. The Morgan fingerprint density at radius 1 is 1.36 bits per heavy atom. The van der Waals surface area contributed by atoms with E-state index in [9.17, 15) is 0 Å². The number of anilines is 1. The van der Waals surface area contributed by atoms with Crippen LogP contribution in [0.3, 0.4) is 0 Å². The van der Waals surface area contributed by atoms with E-state index in [0.29, 0.717) is 5.15 Å². The van der Waals surface area contributed by atoms with Crippen LogP contribution < -0.4 is 4.90 Å². The molecular formula is C9H16ClN3S. The smallest absolute Gasteiger partial charge is 0.186 e. The van der Waals surface area contributed by atoms with Crippen molar-refractivity contribution in [2.45, 2.75) is 6.42 Å². The molecule has 0 atom stereocenters. The van der Waals surface area contributed by atoms with Gasteiger partial charge in [0, 0.05) is 19.0 Å². The molecule has 0 aliphatic carbocycles. The van der Waals surface area contributed by atoms with Gasteiger partial charge in [-0.2, -0.15) is 0 Å². The maximum absolute atomic E-state index is 5.75. The summed E-state index contributed by atoms with van der Waals surface area (Å²) in [5, 5.41) is 3.44. The zero-order valence-electron chi connectivity index (χ0n) is 8.83. The molecule has 14 heavy (non-hydrogen) atoms. The number of halogens is 1. The minimum Gasteiger partial charge on any atom is -0.351 e. The zero-order valence-corrected chi connectivity index (χ0v) is 10.4. The molecule has 3 nitrogen and oxygen atoms in total. The van der Waals surface area contributed by atoms with Crippen molar-refractivity contribution in [2.24, 2.45) is 0 Å². The lowest BCUT2D eigenvalue weighted by molar-refractivity contribution is 0.401. The Labute approximate surface area is 94.3 Å². The topological polar surface area (TPSA) is 19.4 Å². The van der Waals surface area contributed by atoms with Crippen LogP contribution in [0.4, 0.5) is 5.13 Å².